The highest BCUT2D eigenvalue weighted by atomic mass is 32.2. The maximum atomic E-state index is 13.3. The van der Waals surface area contributed by atoms with Crippen molar-refractivity contribution in [3.63, 3.8) is 0 Å². The van der Waals surface area contributed by atoms with E-state index in [1.54, 1.807) is 23.9 Å². The van der Waals surface area contributed by atoms with E-state index in [4.69, 9.17) is 0 Å². The molecule has 0 saturated carbocycles. The van der Waals surface area contributed by atoms with Crippen molar-refractivity contribution in [2.75, 3.05) is 0 Å². The van der Waals surface area contributed by atoms with Gasteiger partial charge in [0.2, 0.25) is 0 Å². The smallest absolute Gasteiger partial charge is 0.277 e. The maximum absolute atomic E-state index is 13.3. The van der Waals surface area contributed by atoms with E-state index >= 15 is 0 Å². The Labute approximate surface area is 224 Å². The molecule has 1 aliphatic carbocycles. The zero-order chi connectivity index (χ0) is 25.9. The van der Waals surface area contributed by atoms with Gasteiger partial charge in [-0.15, -0.1) is 0 Å². The first-order valence-electron chi connectivity index (χ1n) is 14.2. The van der Waals surface area contributed by atoms with Crippen molar-refractivity contribution in [3.05, 3.63) is 75.5 Å². The molecule has 0 aliphatic heterocycles. The number of nitrogens with zero attached hydrogens (tertiary/aromatic N) is 4. The summed E-state index contributed by atoms with van der Waals surface area (Å²) >= 11 is 1.54. The molecule has 1 aromatic carbocycles. The molecule has 5 nitrogen and oxygen atoms in total. The summed E-state index contributed by atoms with van der Waals surface area (Å²) in [4.78, 5) is 21.9. The van der Waals surface area contributed by atoms with Crippen LogP contribution in [0.5, 0.6) is 0 Å². The molecule has 7 heteroatoms. The van der Waals surface area contributed by atoms with E-state index in [9.17, 15) is 9.18 Å². The number of unbranched alkanes of at least 4 members (excludes halogenated alkanes) is 9. The number of thioether (sulfide) groups is 1. The van der Waals surface area contributed by atoms with Crippen molar-refractivity contribution >= 4 is 11.8 Å². The van der Waals surface area contributed by atoms with E-state index in [1.165, 1.54) is 69.9 Å². The van der Waals surface area contributed by atoms with E-state index < -0.39 is 0 Å². The lowest BCUT2D eigenvalue weighted by Crippen LogP contribution is -2.23. The molecule has 0 saturated heterocycles. The van der Waals surface area contributed by atoms with E-state index in [1.807, 2.05) is 6.20 Å². The Morgan fingerprint density at radius 1 is 0.946 bits per heavy atom. The second-order valence-corrected chi connectivity index (χ2v) is 11.1. The summed E-state index contributed by atoms with van der Waals surface area (Å²) in [7, 11) is 0. The number of benzene rings is 1. The summed E-state index contributed by atoms with van der Waals surface area (Å²) in [5.74, 6) is 1.41. The first kappa shape index (κ1) is 27.6. The van der Waals surface area contributed by atoms with Crippen molar-refractivity contribution in [1.82, 2.24) is 19.1 Å². The molecule has 3 aromatic rings. The largest absolute Gasteiger partial charge is 0.333 e. The zero-order valence-electron chi connectivity index (χ0n) is 22.3. The lowest BCUT2D eigenvalue weighted by molar-refractivity contribution is 0.516. The molecule has 0 spiro atoms. The summed E-state index contributed by atoms with van der Waals surface area (Å²) in [6, 6.07) is 6.53. The average Bonchev–Trinajstić information content (AvgIpc) is 3.57. The van der Waals surface area contributed by atoms with Crippen molar-refractivity contribution in [2.45, 2.75) is 114 Å². The molecule has 2 heterocycles. The Balaban J connectivity index is 1.35. The molecular weight excluding hydrogens is 483 g/mol. The molecule has 2 aromatic heterocycles. The van der Waals surface area contributed by atoms with Gasteiger partial charge in [0, 0.05) is 35.9 Å². The van der Waals surface area contributed by atoms with Crippen molar-refractivity contribution < 1.29 is 4.39 Å². The number of imidazole rings is 1. The minimum absolute atomic E-state index is 0.0981. The summed E-state index contributed by atoms with van der Waals surface area (Å²) in [6.45, 7) is 3.86. The summed E-state index contributed by atoms with van der Waals surface area (Å²) < 4.78 is 17.8. The second kappa shape index (κ2) is 14.5. The lowest BCUT2D eigenvalue weighted by Gasteiger charge is -2.18. The van der Waals surface area contributed by atoms with Gasteiger partial charge in [0.1, 0.15) is 11.6 Å². The van der Waals surface area contributed by atoms with Crippen LogP contribution in [0.25, 0.3) is 0 Å². The predicted molar refractivity (Wildman–Crippen MR) is 150 cm³/mol. The van der Waals surface area contributed by atoms with E-state index in [2.05, 4.69) is 32.2 Å². The van der Waals surface area contributed by atoms with Gasteiger partial charge in [0.05, 0.1) is 6.54 Å². The highest BCUT2D eigenvalue weighted by molar-refractivity contribution is 7.98. The fraction of sp³-hybridized carbons (Fsp3) is 0.567. The summed E-state index contributed by atoms with van der Waals surface area (Å²) in [5.41, 5.74) is 2.88. The molecule has 0 atom stereocenters. The SMILES string of the molecule is CCCCCCCCCCCCn1ccnc1Cn1c(SCc2ccc(F)cc2)nc(=O)c2c1CCC2. The Morgan fingerprint density at radius 3 is 2.38 bits per heavy atom. The molecule has 4 rings (SSSR count). The summed E-state index contributed by atoms with van der Waals surface area (Å²) in [5, 5.41) is 0.725. The number of fused-ring (bicyclic) bond motifs is 1. The van der Waals surface area contributed by atoms with E-state index in [-0.39, 0.29) is 11.4 Å². The van der Waals surface area contributed by atoms with E-state index in [0.717, 1.165) is 60.0 Å². The third kappa shape index (κ3) is 8.03. The Hall–Kier alpha value is -2.41. The van der Waals surface area contributed by atoms with Gasteiger partial charge < -0.3 is 9.13 Å². The second-order valence-electron chi connectivity index (χ2n) is 10.2. The number of aryl methyl sites for hydroxylation is 1. The molecular formula is C30H41FN4OS. The van der Waals surface area contributed by atoms with Gasteiger partial charge in [0.25, 0.3) is 5.56 Å². The Morgan fingerprint density at radius 2 is 1.65 bits per heavy atom. The maximum Gasteiger partial charge on any atom is 0.277 e. The van der Waals surface area contributed by atoms with Gasteiger partial charge in [-0.2, -0.15) is 4.98 Å². The number of aromatic nitrogens is 4. The van der Waals surface area contributed by atoms with Crippen LogP contribution in [-0.4, -0.2) is 19.1 Å². The molecule has 200 valence electrons. The van der Waals surface area contributed by atoms with Gasteiger partial charge >= 0.3 is 0 Å². The van der Waals surface area contributed by atoms with E-state index in [0.29, 0.717) is 12.3 Å². The zero-order valence-corrected chi connectivity index (χ0v) is 23.1. The molecule has 0 unspecified atom stereocenters. The first-order valence-corrected chi connectivity index (χ1v) is 15.1. The molecule has 37 heavy (non-hydrogen) atoms. The van der Waals surface area contributed by atoms with Crippen LogP contribution in [-0.2, 0) is 31.7 Å². The molecule has 0 N–H and O–H groups in total. The van der Waals surface area contributed by atoms with Crippen LogP contribution >= 0.6 is 11.8 Å². The highest BCUT2D eigenvalue weighted by Crippen LogP contribution is 2.27. The minimum atomic E-state index is -0.240. The van der Waals surface area contributed by atoms with Gasteiger partial charge in [-0.25, -0.2) is 9.37 Å². The number of halogens is 1. The van der Waals surface area contributed by atoms with Gasteiger partial charge in [0.15, 0.2) is 5.16 Å². The van der Waals surface area contributed by atoms with Crippen LogP contribution in [0.2, 0.25) is 0 Å². The van der Waals surface area contributed by atoms with Crippen molar-refractivity contribution in [1.29, 1.82) is 0 Å². The predicted octanol–water partition coefficient (Wildman–Crippen LogP) is 7.33. The Bertz CT molecular complexity index is 1170. The normalized spacial score (nSPS) is 12.8. The minimum Gasteiger partial charge on any atom is -0.333 e. The van der Waals surface area contributed by atoms with Crippen LogP contribution in [0.15, 0.2) is 46.6 Å². The monoisotopic (exact) mass is 524 g/mol. The third-order valence-electron chi connectivity index (χ3n) is 7.34. The van der Waals surface area contributed by atoms with Gasteiger partial charge in [-0.1, -0.05) is 88.6 Å². The van der Waals surface area contributed by atoms with Crippen molar-refractivity contribution in [3.8, 4) is 0 Å². The molecule has 0 radical (unpaired) electrons. The molecule has 1 aliphatic rings. The first-order chi connectivity index (χ1) is 18.2. The molecule has 0 amide bonds. The topological polar surface area (TPSA) is 52.7 Å². The standard InChI is InChI=1S/C30H41FN4OS/c1-2-3-4-5-6-7-8-9-10-11-20-34-21-19-32-28(34)22-35-27-14-12-13-26(27)29(36)33-30(35)37-23-24-15-17-25(31)18-16-24/h15-19,21H,2-14,20,22-23H2,1H3. The number of rotatable bonds is 16. The van der Waals surface area contributed by atoms with Crippen LogP contribution in [0.3, 0.4) is 0 Å². The highest BCUT2D eigenvalue weighted by Gasteiger charge is 2.22. The fourth-order valence-corrected chi connectivity index (χ4v) is 6.16. The van der Waals surface area contributed by atoms with Gasteiger partial charge in [-0.3, -0.25) is 4.79 Å². The van der Waals surface area contributed by atoms with Crippen LogP contribution in [0.1, 0.15) is 100 Å². The van der Waals surface area contributed by atoms with Crippen molar-refractivity contribution in [2.24, 2.45) is 0 Å². The summed E-state index contributed by atoms with van der Waals surface area (Å²) in [6.07, 6.45) is 19.9. The molecule has 0 fully saturated rings. The van der Waals surface area contributed by atoms with Crippen LogP contribution in [0, 0.1) is 5.82 Å². The average molecular weight is 525 g/mol. The van der Waals surface area contributed by atoms with Crippen LogP contribution in [0.4, 0.5) is 4.39 Å². The quantitative estimate of drug-likeness (QED) is 0.112. The number of hydrogen-bond donors (Lipinski definition) is 0. The van der Waals surface area contributed by atoms with Gasteiger partial charge in [-0.05, 0) is 43.4 Å². The third-order valence-corrected chi connectivity index (χ3v) is 8.38. The van der Waals surface area contributed by atoms with Crippen LogP contribution < -0.4 is 5.56 Å². The number of hydrogen-bond acceptors (Lipinski definition) is 4. The lowest BCUT2D eigenvalue weighted by atomic mass is 10.1. The Kier molecular flexibility index (Phi) is 10.8. The fourth-order valence-electron chi connectivity index (χ4n) is 5.19. The molecule has 0 bridgehead atoms.